The Morgan fingerprint density at radius 1 is 1.23 bits per heavy atom. The monoisotopic (exact) mass is 356 g/mol. The van der Waals surface area contributed by atoms with Crippen LogP contribution in [0.2, 0.25) is 0 Å². The molecule has 1 atom stereocenters. The van der Waals surface area contributed by atoms with Gasteiger partial charge in [-0.25, -0.2) is 0 Å². The molecule has 0 bridgehead atoms. The quantitative estimate of drug-likeness (QED) is 0.914. The SMILES string of the molecule is COc1nn(C)cc1C(=O)Nc1ccc(C(=O)N2CCCCC2C)cc1. The molecule has 1 aliphatic heterocycles. The number of hydrogen-bond donors (Lipinski definition) is 1. The summed E-state index contributed by atoms with van der Waals surface area (Å²) in [6.07, 6.45) is 4.88. The molecular weight excluding hydrogens is 332 g/mol. The topological polar surface area (TPSA) is 76.5 Å². The molecule has 0 saturated carbocycles. The van der Waals surface area contributed by atoms with Gasteiger partial charge in [0.2, 0.25) is 5.88 Å². The number of benzene rings is 1. The summed E-state index contributed by atoms with van der Waals surface area (Å²) < 4.78 is 6.63. The summed E-state index contributed by atoms with van der Waals surface area (Å²) >= 11 is 0. The van der Waals surface area contributed by atoms with Crippen molar-refractivity contribution < 1.29 is 14.3 Å². The number of methoxy groups -OCH3 is 1. The van der Waals surface area contributed by atoms with E-state index in [9.17, 15) is 9.59 Å². The molecule has 1 N–H and O–H groups in total. The number of aromatic nitrogens is 2. The zero-order chi connectivity index (χ0) is 18.7. The summed E-state index contributed by atoms with van der Waals surface area (Å²) in [5, 5.41) is 6.87. The number of piperidine rings is 1. The summed E-state index contributed by atoms with van der Waals surface area (Å²) in [4.78, 5) is 27.0. The number of carbonyl (C=O) groups is 2. The van der Waals surface area contributed by atoms with Crippen LogP contribution in [-0.4, -0.2) is 46.2 Å². The number of nitrogens with one attached hydrogen (secondary N) is 1. The van der Waals surface area contributed by atoms with Crippen molar-refractivity contribution in [3.05, 3.63) is 41.6 Å². The molecule has 3 rings (SSSR count). The molecule has 2 aromatic rings. The molecule has 0 spiro atoms. The number of nitrogens with zero attached hydrogens (tertiary/aromatic N) is 3. The van der Waals surface area contributed by atoms with Crippen LogP contribution in [0.15, 0.2) is 30.5 Å². The lowest BCUT2D eigenvalue weighted by Crippen LogP contribution is -2.42. The zero-order valence-corrected chi connectivity index (χ0v) is 15.4. The highest BCUT2D eigenvalue weighted by atomic mass is 16.5. The number of aryl methyl sites for hydroxylation is 1. The maximum atomic E-state index is 12.7. The van der Waals surface area contributed by atoms with Gasteiger partial charge in [0.25, 0.3) is 11.8 Å². The van der Waals surface area contributed by atoms with Gasteiger partial charge in [0.05, 0.1) is 7.11 Å². The van der Waals surface area contributed by atoms with Gasteiger partial charge in [0, 0.05) is 37.1 Å². The van der Waals surface area contributed by atoms with Crippen molar-refractivity contribution in [3.63, 3.8) is 0 Å². The zero-order valence-electron chi connectivity index (χ0n) is 15.4. The Balaban J connectivity index is 1.69. The first kappa shape index (κ1) is 18.0. The van der Waals surface area contributed by atoms with E-state index < -0.39 is 0 Å². The highest BCUT2D eigenvalue weighted by Gasteiger charge is 2.24. The van der Waals surface area contributed by atoms with Crippen LogP contribution < -0.4 is 10.1 Å². The lowest BCUT2D eigenvalue weighted by molar-refractivity contribution is 0.0635. The number of hydrogen-bond acceptors (Lipinski definition) is 4. The molecule has 1 aliphatic rings. The third kappa shape index (κ3) is 3.71. The molecule has 1 aromatic carbocycles. The number of ether oxygens (including phenoxy) is 1. The van der Waals surface area contributed by atoms with Crippen LogP contribution in [-0.2, 0) is 7.05 Å². The van der Waals surface area contributed by atoms with Crippen molar-refractivity contribution >= 4 is 17.5 Å². The van der Waals surface area contributed by atoms with Crippen LogP contribution in [0.3, 0.4) is 0 Å². The normalized spacial score (nSPS) is 17.0. The van der Waals surface area contributed by atoms with E-state index in [1.165, 1.54) is 18.2 Å². The molecule has 1 aromatic heterocycles. The smallest absolute Gasteiger partial charge is 0.262 e. The largest absolute Gasteiger partial charge is 0.479 e. The molecule has 7 nitrogen and oxygen atoms in total. The van der Waals surface area contributed by atoms with E-state index in [-0.39, 0.29) is 23.7 Å². The second kappa shape index (κ2) is 7.59. The number of likely N-dealkylation sites (tertiary alicyclic amines) is 1. The number of anilines is 1. The molecule has 7 heteroatoms. The Morgan fingerprint density at radius 3 is 2.62 bits per heavy atom. The van der Waals surface area contributed by atoms with Crippen LogP contribution in [0.25, 0.3) is 0 Å². The first-order chi connectivity index (χ1) is 12.5. The maximum Gasteiger partial charge on any atom is 0.262 e. The lowest BCUT2D eigenvalue weighted by atomic mass is 10.0. The van der Waals surface area contributed by atoms with Crippen LogP contribution in [0.5, 0.6) is 5.88 Å². The van der Waals surface area contributed by atoms with Gasteiger partial charge in [-0.1, -0.05) is 0 Å². The number of rotatable bonds is 4. The van der Waals surface area contributed by atoms with Crippen LogP contribution in [0, 0.1) is 0 Å². The summed E-state index contributed by atoms with van der Waals surface area (Å²) in [6, 6.07) is 7.25. The molecule has 0 radical (unpaired) electrons. The summed E-state index contributed by atoms with van der Waals surface area (Å²) in [7, 11) is 3.20. The van der Waals surface area contributed by atoms with Crippen molar-refractivity contribution in [1.29, 1.82) is 0 Å². The van der Waals surface area contributed by atoms with E-state index in [1.807, 2.05) is 4.90 Å². The van der Waals surface area contributed by atoms with Crippen molar-refractivity contribution in [2.75, 3.05) is 19.0 Å². The number of amides is 2. The Bertz CT molecular complexity index is 798. The fourth-order valence-electron chi connectivity index (χ4n) is 3.23. The molecule has 1 saturated heterocycles. The van der Waals surface area contributed by atoms with Crippen molar-refractivity contribution in [2.45, 2.75) is 32.2 Å². The van der Waals surface area contributed by atoms with E-state index >= 15 is 0 Å². The lowest BCUT2D eigenvalue weighted by Gasteiger charge is -2.33. The average molecular weight is 356 g/mol. The molecule has 2 amide bonds. The molecule has 0 aliphatic carbocycles. The molecule has 138 valence electrons. The summed E-state index contributed by atoms with van der Waals surface area (Å²) in [6.45, 7) is 2.90. The minimum atomic E-state index is -0.307. The Hall–Kier alpha value is -2.83. The first-order valence-corrected chi connectivity index (χ1v) is 8.79. The summed E-state index contributed by atoms with van der Waals surface area (Å²) in [5.74, 6) is 0.0126. The number of carbonyl (C=O) groups excluding carboxylic acids is 2. The van der Waals surface area contributed by atoms with Gasteiger partial charge in [-0.2, -0.15) is 0 Å². The second-order valence-corrected chi connectivity index (χ2v) is 6.60. The summed E-state index contributed by atoms with van der Waals surface area (Å²) in [5.41, 5.74) is 1.61. The average Bonchev–Trinajstić information content (AvgIpc) is 3.03. The Kier molecular flexibility index (Phi) is 5.25. The van der Waals surface area contributed by atoms with E-state index in [2.05, 4.69) is 17.3 Å². The molecule has 1 fully saturated rings. The highest BCUT2D eigenvalue weighted by Crippen LogP contribution is 2.21. The van der Waals surface area contributed by atoms with Gasteiger partial charge >= 0.3 is 0 Å². The second-order valence-electron chi connectivity index (χ2n) is 6.60. The Morgan fingerprint density at radius 2 is 1.96 bits per heavy atom. The highest BCUT2D eigenvalue weighted by molar-refractivity contribution is 6.06. The molecule has 26 heavy (non-hydrogen) atoms. The van der Waals surface area contributed by atoms with Gasteiger partial charge < -0.3 is 15.0 Å². The van der Waals surface area contributed by atoms with Gasteiger partial charge in [-0.05, 0) is 50.5 Å². The van der Waals surface area contributed by atoms with E-state index in [4.69, 9.17) is 4.74 Å². The van der Waals surface area contributed by atoms with Crippen molar-refractivity contribution in [2.24, 2.45) is 7.05 Å². The maximum absolute atomic E-state index is 12.7. The van der Waals surface area contributed by atoms with E-state index in [1.54, 1.807) is 37.5 Å². The minimum Gasteiger partial charge on any atom is -0.479 e. The third-order valence-corrected chi connectivity index (χ3v) is 4.69. The molecule has 2 heterocycles. The van der Waals surface area contributed by atoms with Crippen molar-refractivity contribution in [1.82, 2.24) is 14.7 Å². The van der Waals surface area contributed by atoms with Gasteiger partial charge in [0.1, 0.15) is 5.56 Å². The van der Waals surface area contributed by atoms with Crippen molar-refractivity contribution in [3.8, 4) is 5.88 Å². The fourth-order valence-corrected chi connectivity index (χ4v) is 3.23. The molecular formula is C19H24N4O3. The van der Waals surface area contributed by atoms with E-state index in [0.717, 1.165) is 19.4 Å². The van der Waals surface area contributed by atoms with Gasteiger partial charge in [0.15, 0.2) is 0 Å². The van der Waals surface area contributed by atoms with Gasteiger partial charge in [-0.15, -0.1) is 5.10 Å². The van der Waals surface area contributed by atoms with Crippen LogP contribution >= 0.6 is 0 Å². The third-order valence-electron chi connectivity index (χ3n) is 4.69. The van der Waals surface area contributed by atoms with Gasteiger partial charge in [-0.3, -0.25) is 14.3 Å². The van der Waals surface area contributed by atoms with Crippen LogP contribution in [0.1, 0.15) is 46.9 Å². The predicted molar refractivity (Wildman–Crippen MR) is 98.5 cm³/mol. The Labute approximate surface area is 152 Å². The minimum absolute atomic E-state index is 0.0454. The van der Waals surface area contributed by atoms with E-state index in [0.29, 0.717) is 16.8 Å². The van der Waals surface area contributed by atoms with Crippen LogP contribution in [0.4, 0.5) is 5.69 Å². The molecule has 1 unspecified atom stereocenters. The standard InChI is InChI=1S/C19H24N4O3/c1-13-6-4-5-11-23(13)19(25)14-7-9-15(10-8-14)20-17(24)16-12-22(2)21-18(16)26-3/h7-10,12-13H,4-6,11H2,1-3H3,(H,20,24). The fraction of sp³-hybridized carbons (Fsp3) is 0.421. The first-order valence-electron chi connectivity index (χ1n) is 8.79. The predicted octanol–water partition coefficient (Wildman–Crippen LogP) is 2.70.